The minimum absolute atomic E-state index is 0.153. The van der Waals surface area contributed by atoms with E-state index in [4.69, 9.17) is 0 Å². The monoisotopic (exact) mass is 239 g/mol. The molecule has 2 saturated heterocycles. The molecular formula is C13H25N3O. The molecule has 4 heteroatoms. The van der Waals surface area contributed by atoms with E-state index in [1.165, 1.54) is 25.7 Å². The van der Waals surface area contributed by atoms with Gasteiger partial charge in [0.25, 0.3) is 0 Å². The van der Waals surface area contributed by atoms with Crippen LogP contribution in [-0.4, -0.2) is 43.2 Å². The van der Waals surface area contributed by atoms with E-state index in [1.807, 2.05) is 0 Å². The van der Waals surface area contributed by atoms with Gasteiger partial charge in [-0.3, -0.25) is 0 Å². The number of rotatable bonds is 3. The highest BCUT2D eigenvalue weighted by atomic mass is 16.2. The molecule has 2 atom stereocenters. The van der Waals surface area contributed by atoms with Crippen LogP contribution in [0.5, 0.6) is 0 Å². The van der Waals surface area contributed by atoms with Gasteiger partial charge in [0.2, 0.25) is 0 Å². The van der Waals surface area contributed by atoms with E-state index in [2.05, 4.69) is 22.5 Å². The molecule has 4 nitrogen and oxygen atoms in total. The topological polar surface area (TPSA) is 44.4 Å². The summed E-state index contributed by atoms with van der Waals surface area (Å²) >= 11 is 0. The molecule has 2 N–H and O–H groups in total. The Kier molecular flexibility index (Phi) is 4.66. The number of hydrogen-bond acceptors (Lipinski definition) is 2. The average molecular weight is 239 g/mol. The summed E-state index contributed by atoms with van der Waals surface area (Å²) in [6, 6.07) is 0.625. The van der Waals surface area contributed by atoms with Gasteiger partial charge in [-0.2, -0.15) is 0 Å². The van der Waals surface area contributed by atoms with Crippen molar-refractivity contribution in [3.63, 3.8) is 0 Å². The third kappa shape index (κ3) is 3.12. The van der Waals surface area contributed by atoms with Gasteiger partial charge >= 0.3 is 6.03 Å². The van der Waals surface area contributed by atoms with Gasteiger partial charge in [0.05, 0.1) is 0 Å². The Labute approximate surface area is 104 Å². The standard InChI is InChI=1S/C13H25N3O/c1-2-7-15-13(17)16-9-4-6-12(16)11-5-3-8-14-10-11/h11-12,14H,2-10H2,1H3,(H,15,17). The first-order chi connectivity index (χ1) is 8.33. The highest BCUT2D eigenvalue weighted by Crippen LogP contribution is 2.28. The van der Waals surface area contributed by atoms with Crippen molar-refractivity contribution in [2.45, 2.75) is 45.1 Å². The Balaban J connectivity index is 1.89. The molecule has 0 aromatic carbocycles. The largest absolute Gasteiger partial charge is 0.338 e. The zero-order chi connectivity index (χ0) is 12.1. The highest BCUT2D eigenvalue weighted by molar-refractivity contribution is 5.74. The molecule has 2 fully saturated rings. The van der Waals surface area contributed by atoms with Crippen molar-refractivity contribution in [1.82, 2.24) is 15.5 Å². The summed E-state index contributed by atoms with van der Waals surface area (Å²) < 4.78 is 0. The van der Waals surface area contributed by atoms with Gasteiger partial charge in [0.15, 0.2) is 0 Å². The number of hydrogen-bond donors (Lipinski definition) is 2. The fourth-order valence-electron chi connectivity index (χ4n) is 3.08. The van der Waals surface area contributed by atoms with Crippen LogP contribution >= 0.6 is 0 Å². The Bertz CT molecular complexity index is 251. The predicted molar refractivity (Wildman–Crippen MR) is 69.0 cm³/mol. The summed E-state index contributed by atoms with van der Waals surface area (Å²) in [5.41, 5.74) is 0. The van der Waals surface area contributed by atoms with Crippen molar-refractivity contribution in [2.75, 3.05) is 26.2 Å². The van der Waals surface area contributed by atoms with Crippen molar-refractivity contribution >= 4 is 6.03 Å². The van der Waals surface area contributed by atoms with Crippen LogP contribution in [-0.2, 0) is 0 Å². The van der Waals surface area contributed by atoms with Gasteiger partial charge in [-0.05, 0) is 51.1 Å². The molecule has 0 spiro atoms. The second-order valence-corrected chi connectivity index (χ2v) is 5.24. The van der Waals surface area contributed by atoms with E-state index in [-0.39, 0.29) is 6.03 Å². The molecule has 2 aliphatic heterocycles. The molecule has 2 heterocycles. The number of piperidine rings is 1. The van der Waals surface area contributed by atoms with E-state index in [1.54, 1.807) is 0 Å². The van der Waals surface area contributed by atoms with Crippen LogP contribution in [0.4, 0.5) is 4.79 Å². The summed E-state index contributed by atoms with van der Waals surface area (Å²) in [4.78, 5) is 14.1. The molecule has 2 rings (SSSR count). The zero-order valence-electron chi connectivity index (χ0n) is 10.9. The number of likely N-dealkylation sites (tertiary alicyclic amines) is 1. The lowest BCUT2D eigenvalue weighted by Gasteiger charge is -2.34. The maximum Gasteiger partial charge on any atom is 0.317 e. The molecule has 2 aliphatic rings. The number of amides is 2. The molecule has 0 aliphatic carbocycles. The second kappa shape index (κ2) is 6.24. The summed E-state index contributed by atoms with van der Waals surface area (Å²) in [5, 5.41) is 6.47. The fourth-order valence-corrected chi connectivity index (χ4v) is 3.08. The molecule has 0 bridgehead atoms. The minimum atomic E-state index is 0.153. The van der Waals surface area contributed by atoms with Crippen molar-refractivity contribution < 1.29 is 4.79 Å². The second-order valence-electron chi connectivity index (χ2n) is 5.24. The van der Waals surface area contributed by atoms with Crippen LogP contribution in [0.1, 0.15) is 39.0 Å². The molecule has 0 aromatic heterocycles. The van der Waals surface area contributed by atoms with E-state index < -0.39 is 0 Å². The molecular weight excluding hydrogens is 214 g/mol. The lowest BCUT2D eigenvalue weighted by molar-refractivity contribution is 0.161. The average Bonchev–Trinajstić information content (AvgIpc) is 2.86. The normalized spacial score (nSPS) is 29.4. The van der Waals surface area contributed by atoms with E-state index >= 15 is 0 Å². The van der Waals surface area contributed by atoms with Crippen LogP contribution < -0.4 is 10.6 Å². The quantitative estimate of drug-likeness (QED) is 0.785. The van der Waals surface area contributed by atoms with E-state index in [0.29, 0.717) is 12.0 Å². The number of carbonyl (C=O) groups is 1. The van der Waals surface area contributed by atoms with Crippen molar-refractivity contribution in [3.8, 4) is 0 Å². The number of carbonyl (C=O) groups excluding carboxylic acids is 1. The third-order valence-corrected chi connectivity index (χ3v) is 3.97. The summed E-state index contributed by atoms with van der Waals surface area (Å²) in [6.07, 6.45) is 5.89. The third-order valence-electron chi connectivity index (χ3n) is 3.97. The van der Waals surface area contributed by atoms with Crippen LogP contribution in [0.25, 0.3) is 0 Å². The molecule has 98 valence electrons. The first kappa shape index (κ1) is 12.7. The first-order valence-electron chi connectivity index (χ1n) is 7.08. The van der Waals surface area contributed by atoms with Gasteiger partial charge in [-0.1, -0.05) is 6.92 Å². The van der Waals surface area contributed by atoms with E-state index in [0.717, 1.165) is 32.6 Å². The summed E-state index contributed by atoms with van der Waals surface area (Å²) in [7, 11) is 0. The number of nitrogens with zero attached hydrogens (tertiary/aromatic N) is 1. The lowest BCUT2D eigenvalue weighted by atomic mass is 9.90. The predicted octanol–water partition coefficient (Wildman–Crippen LogP) is 1.57. The van der Waals surface area contributed by atoms with Crippen molar-refractivity contribution in [1.29, 1.82) is 0 Å². The van der Waals surface area contributed by atoms with Gasteiger partial charge in [-0.25, -0.2) is 4.79 Å². The maximum absolute atomic E-state index is 12.1. The smallest absolute Gasteiger partial charge is 0.317 e. The van der Waals surface area contributed by atoms with Gasteiger partial charge in [0, 0.05) is 19.1 Å². The maximum atomic E-state index is 12.1. The van der Waals surface area contributed by atoms with Crippen LogP contribution in [0.3, 0.4) is 0 Å². The first-order valence-corrected chi connectivity index (χ1v) is 7.08. The molecule has 2 unspecified atom stereocenters. The Morgan fingerprint density at radius 2 is 2.29 bits per heavy atom. The highest BCUT2D eigenvalue weighted by Gasteiger charge is 2.34. The number of urea groups is 1. The molecule has 0 saturated carbocycles. The zero-order valence-corrected chi connectivity index (χ0v) is 10.9. The van der Waals surface area contributed by atoms with Crippen LogP contribution in [0, 0.1) is 5.92 Å². The van der Waals surface area contributed by atoms with Crippen molar-refractivity contribution in [3.05, 3.63) is 0 Å². The summed E-state index contributed by atoms with van der Waals surface area (Å²) in [5.74, 6) is 0.665. The van der Waals surface area contributed by atoms with Crippen molar-refractivity contribution in [2.24, 2.45) is 5.92 Å². The Morgan fingerprint density at radius 3 is 3.00 bits per heavy atom. The van der Waals surface area contributed by atoms with Gasteiger partial charge < -0.3 is 15.5 Å². The summed E-state index contributed by atoms with van der Waals surface area (Å²) in [6.45, 7) is 6.06. The van der Waals surface area contributed by atoms with E-state index in [9.17, 15) is 4.79 Å². The van der Waals surface area contributed by atoms with Crippen LogP contribution in [0.15, 0.2) is 0 Å². The Hall–Kier alpha value is -0.770. The Morgan fingerprint density at radius 1 is 1.41 bits per heavy atom. The lowest BCUT2D eigenvalue weighted by Crippen LogP contribution is -2.49. The molecule has 0 radical (unpaired) electrons. The molecule has 0 aromatic rings. The molecule has 17 heavy (non-hydrogen) atoms. The fraction of sp³-hybridized carbons (Fsp3) is 0.923. The van der Waals surface area contributed by atoms with Gasteiger partial charge in [0.1, 0.15) is 0 Å². The SMILES string of the molecule is CCCNC(=O)N1CCCC1C1CCCNC1. The minimum Gasteiger partial charge on any atom is -0.338 e. The van der Waals surface area contributed by atoms with Crippen LogP contribution in [0.2, 0.25) is 0 Å². The molecule has 2 amide bonds. The van der Waals surface area contributed by atoms with Gasteiger partial charge in [-0.15, -0.1) is 0 Å². The number of nitrogens with one attached hydrogen (secondary N) is 2.